The van der Waals surface area contributed by atoms with E-state index in [-0.39, 0.29) is 12.1 Å². The Hall–Kier alpha value is -1.46. The summed E-state index contributed by atoms with van der Waals surface area (Å²) in [4.78, 5) is 22.5. The van der Waals surface area contributed by atoms with Gasteiger partial charge in [0.1, 0.15) is 0 Å². The Kier molecular flexibility index (Phi) is 5.01. The van der Waals surface area contributed by atoms with Crippen LogP contribution in [0.5, 0.6) is 0 Å². The molecule has 0 saturated carbocycles. The molecule has 6 nitrogen and oxygen atoms in total. The van der Waals surface area contributed by atoms with Crippen molar-refractivity contribution in [2.75, 3.05) is 0 Å². The van der Waals surface area contributed by atoms with Gasteiger partial charge in [-0.25, -0.2) is 0 Å². The molecule has 0 aliphatic rings. The van der Waals surface area contributed by atoms with Crippen molar-refractivity contribution < 1.29 is 9.59 Å². The summed E-state index contributed by atoms with van der Waals surface area (Å²) in [5, 5.41) is 8.16. The lowest BCUT2D eigenvalue weighted by atomic mass is 9.84. The van der Waals surface area contributed by atoms with Crippen LogP contribution >= 0.6 is 0 Å². The topological polar surface area (TPSA) is 111 Å². The first kappa shape index (κ1) is 16.5. The van der Waals surface area contributed by atoms with Crippen LogP contribution in [0, 0.1) is 10.8 Å². The number of carbonyl (C=O) groups is 2. The standard InChI is InChI=1S/C12H24N4O2/c1-7(11(3,4)9(13)17)15-16-8(2)12(5,6)10(14)18/h7-8H,1-6H3,(H2,13,17)(H2,14,18). The number of nitrogens with zero attached hydrogens (tertiary/aromatic N) is 2. The summed E-state index contributed by atoms with van der Waals surface area (Å²) >= 11 is 0. The van der Waals surface area contributed by atoms with E-state index in [0.29, 0.717) is 0 Å². The van der Waals surface area contributed by atoms with Gasteiger partial charge in [0.25, 0.3) is 0 Å². The number of hydrogen-bond donors (Lipinski definition) is 2. The molecule has 2 atom stereocenters. The number of amides is 2. The molecule has 104 valence electrons. The molecule has 2 unspecified atom stereocenters. The lowest BCUT2D eigenvalue weighted by Gasteiger charge is -2.27. The van der Waals surface area contributed by atoms with Gasteiger partial charge in [0.15, 0.2) is 0 Å². The highest BCUT2D eigenvalue weighted by molar-refractivity contribution is 5.81. The molecular weight excluding hydrogens is 232 g/mol. The van der Waals surface area contributed by atoms with Crippen molar-refractivity contribution in [1.82, 2.24) is 0 Å². The Bertz CT molecular complexity index is 327. The summed E-state index contributed by atoms with van der Waals surface area (Å²) in [7, 11) is 0. The minimum atomic E-state index is -0.778. The molecule has 0 aromatic carbocycles. The number of hydrogen-bond acceptors (Lipinski definition) is 4. The molecule has 0 aromatic heterocycles. The average Bonchev–Trinajstić information content (AvgIpc) is 2.24. The summed E-state index contributed by atoms with van der Waals surface area (Å²) in [5.41, 5.74) is 9.04. The number of rotatable bonds is 6. The summed E-state index contributed by atoms with van der Waals surface area (Å²) < 4.78 is 0. The van der Waals surface area contributed by atoms with Crippen LogP contribution in [0.2, 0.25) is 0 Å². The molecule has 2 amide bonds. The molecule has 0 aromatic rings. The Labute approximate surface area is 108 Å². The third-order valence-corrected chi connectivity index (χ3v) is 3.77. The average molecular weight is 256 g/mol. The van der Waals surface area contributed by atoms with Gasteiger partial charge < -0.3 is 11.5 Å². The summed E-state index contributed by atoms with van der Waals surface area (Å²) in [6.07, 6.45) is 0. The van der Waals surface area contributed by atoms with Crippen molar-refractivity contribution in [2.45, 2.75) is 53.6 Å². The van der Waals surface area contributed by atoms with Crippen LogP contribution in [-0.2, 0) is 9.59 Å². The van der Waals surface area contributed by atoms with Crippen molar-refractivity contribution >= 4 is 11.8 Å². The van der Waals surface area contributed by atoms with E-state index >= 15 is 0 Å². The van der Waals surface area contributed by atoms with E-state index in [4.69, 9.17) is 11.5 Å². The molecule has 0 fully saturated rings. The van der Waals surface area contributed by atoms with Crippen LogP contribution in [0.4, 0.5) is 0 Å². The molecule has 0 aliphatic heterocycles. The Morgan fingerprint density at radius 1 is 0.833 bits per heavy atom. The highest BCUT2D eigenvalue weighted by atomic mass is 16.1. The number of nitrogens with two attached hydrogens (primary N) is 2. The van der Waals surface area contributed by atoms with Gasteiger partial charge in [-0.2, -0.15) is 10.2 Å². The highest BCUT2D eigenvalue weighted by Gasteiger charge is 2.34. The van der Waals surface area contributed by atoms with Crippen LogP contribution in [0.3, 0.4) is 0 Å². The normalized spacial score (nSPS) is 16.6. The van der Waals surface area contributed by atoms with E-state index in [2.05, 4.69) is 10.2 Å². The van der Waals surface area contributed by atoms with Crippen molar-refractivity contribution in [3.8, 4) is 0 Å². The second-order valence-electron chi connectivity index (χ2n) is 5.75. The van der Waals surface area contributed by atoms with Crippen molar-refractivity contribution in [3.63, 3.8) is 0 Å². The Balaban J connectivity index is 4.87. The zero-order valence-corrected chi connectivity index (χ0v) is 12.0. The number of azo groups is 1. The van der Waals surface area contributed by atoms with E-state index in [1.807, 2.05) is 0 Å². The zero-order valence-electron chi connectivity index (χ0n) is 12.0. The van der Waals surface area contributed by atoms with Gasteiger partial charge in [-0.15, -0.1) is 0 Å². The zero-order chi connectivity index (χ0) is 14.7. The van der Waals surface area contributed by atoms with Gasteiger partial charge in [0, 0.05) is 0 Å². The third-order valence-electron chi connectivity index (χ3n) is 3.77. The van der Waals surface area contributed by atoms with E-state index in [9.17, 15) is 9.59 Å². The predicted molar refractivity (Wildman–Crippen MR) is 69.7 cm³/mol. The van der Waals surface area contributed by atoms with E-state index in [0.717, 1.165) is 0 Å². The molecule has 6 heteroatoms. The second-order valence-corrected chi connectivity index (χ2v) is 5.75. The lowest BCUT2D eigenvalue weighted by Crippen LogP contribution is -2.41. The quantitative estimate of drug-likeness (QED) is 0.697. The summed E-state index contributed by atoms with van der Waals surface area (Å²) in [6.45, 7) is 10.4. The Morgan fingerprint density at radius 3 is 1.22 bits per heavy atom. The van der Waals surface area contributed by atoms with Crippen LogP contribution < -0.4 is 11.5 Å². The molecule has 0 rings (SSSR count). The van der Waals surface area contributed by atoms with Crippen LogP contribution in [0.1, 0.15) is 41.5 Å². The number of primary amides is 2. The van der Waals surface area contributed by atoms with Crippen LogP contribution in [0.25, 0.3) is 0 Å². The van der Waals surface area contributed by atoms with Crippen molar-refractivity contribution in [1.29, 1.82) is 0 Å². The maximum absolute atomic E-state index is 11.3. The van der Waals surface area contributed by atoms with Gasteiger partial charge in [-0.1, -0.05) is 0 Å². The highest BCUT2D eigenvalue weighted by Crippen LogP contribution is 2.26. The van der Waals surface area contributed by atoms with Gasteiger partial charge >= 0.3 is 0 Å². The van der Waals surface area contributed by atoms with Gasteiger partial charge in [-0.05, 0) is 41.5 Å². The monoisotopic (exact) mass is 256 g/mol. The summed E-state index contributed by atoms with van der Waals surface area (Å²) in [6, 6.07) is -0.720. The second kappa shape index (κ2) is 5.46. The lowest BCUT2D eigenvalue weighted by molar-refractivity contribution is -0.128. The molecule has 0 bridgehead atoms. The molecule has 0 aliphatic carbocycles. The SMILES string of the molecule is CC(N=NC(C)C(C)(C)C(N)=O)C(C)(C)C(N)=O. The fourth-order valence-corrected chi connectivity index (χ4v) is 0.900. The molecule has 0 heterocycles. The van der Waals surface area contributed by atoms with Crippen molar-refractivity contribution in [2.24, 2.45) is 32.5 Å². The fourth-order valence-electron chi connectivity index (χ4n) is 0.900. The van der Waals surface area contributed by atoms with Crippen molar-refractivity contribution in [3.05, 3.63) is 0 Å². The molecular formula is C12H24N4O2. The van der Waals surface area contributed by atoms with Gasteiger partial charge in [-0.3, -0.25) is 9.59 Å². The number of carbonyl (C=O) groups excluding carboxylic acids is 2. The first-order valence-corrected chi connectivity index (χ1v) is 5.93. The summed E-state index contributed by atoms with van der Waals surface area (Å²) in [5.74, 6) is -0.869. The molecule has 18 heavy (non-hydrogen) atoms. The van der Waals surface area contributed by atoms with Crippen LogP contribution in [0.15, 0.2) is 10.2 Å². The van der Waals surface area contributed by atoms with E-state index in [1.165, 1.54) is 0 Å². The molecule has 4 N–H and O–H groups in total. The maximum Gasteiger partial charge on any atom is 0.225 e. The van der Waals surface area contributed by atoms with Gasteiger partial charge in [0.2, 0.25) is 11.8 Å². The van der Waals surface area contributed by atoms with E-state index in [1.54, 1.807) is 41.5 Å². The first-order valence-electron chi connectivity index (χ1n) is 5.93. The predicted octanol–water partition coefficient (Wildman–Crippen LogP) is 1.24. The first-order chi connectivity index (χ1) is 7.94. The maximum atomic E-state index is 11.3. The third kappa shape index (κ3) is 3.51. The fraction of sp³-hybridized carbons (Fsp3) is 0.833. The largest absolute Gasteiger partial charge is 0.369 e. The minimum absolute atomic E-state index is 0.360. The van der Waals surface area contributed by atoms with E-state index < -0.39 is 22.6 Å². The smallest absolute Gasteiger partial charge is 0.225 e. The molecule has 0 spiro atoms. The molecule has 0 saturated heterocycles. The Morgan fingerprint density at radius 2 is 1.06 bits per heavy atom. The van der Waals surface area contributed by atoms with Gasteiger partial charge in [0.05, 0.1) is 22.9 Å². The van der Waals surface area contributed by atoms with Crippen LogP contribution in [-0.4, -0.2) is 23.9 Å². The minimum Gasteiger partial charge on any atom is -0.369 e. The molecule has 0 radical (unpaired) electrons.